The van der Waals surface area contributed by atoms with Crippen molar-refractivity contribution in [3.8, 4) is 5.75 Å². The molecule has 2 aromatic rings. The van der Waals surface area contributed by atoms with Crippen LogP contribution in [-0.4, -0.2) is 49.8 Å². The van der Waals surface area contributed by atoms with Gasteiger partial charge in [-0.1, -0.05) is 31.1 Å². The minimum Gasteiger partial charge on any atom is -0.497 e. The van der Waals surface area contributed by atoms with Crippen LogP contribution in [0, 0.1) is 0 Å². The molecule has 0 aliphatic carbocycles. The van der Waals surface area contributed by atoms with Crippen LogP contribution in [0.25, 0.3) is 0 Å². The number of nitrogens with zero attached hydrogens (tertiary/aromatic N) is 3. The Bertz CT molecular complexity index is 802. The van der Waals surface area contributed by atoms with Gasteiger partial charge in [-0.05, 0) is 49.5 Å². The molecule has 8 heteroatoms. The zero-order chi connectivity index (χ0) is 20.6. The molecule has 0 radical (unpaired) electrons. The zero-order valence-corrected chi connectivity index (χ0v) is 20.7. The molecule has 3 rings (SSSR count). The molecule has 1 aliphatic heterocycles. The maximum Gasteiger partial charge on any atom is 0.191 e. The van der Waals surface area contributed by atoms with Gasteiger partial charge >= 0.3 is 0 Å². The Balaban J connectivity index is 0.00000320. The first-order chi connectivity index (χ1) is 14.1. The number of aromatic nitrogens is 1. The van der Waals surface area contributed by atoms with E-state index >= 15 is 0 Å². The van der Waals surface area contributed by atoms with E-state index in [4.69, 9.17) is 9.26 Å². The molecule has 1 aromatic heterocycles. The molecule has 166 valence electrons. The highest BCUT2D eigenvalue weighted by molar-refractivity contribution is 14.0. The van der Waals surface area contributed by atoms with Crippen LogP contribution < -0.4 is 15.4 Å². The molecule has 1 fully saturated rings. The van der Waals surface area contributed by atoms with Crippen LogP contribution in [-0.2, 0) is 6.54 Å². The Hall–Kier alpha value is -1.81. The molecular formula is C22H34IN5O2. The lowest BCUT2D eigenvalue weighted by molar-refractivity contribution is 0.245. The van der Waals surface area contributed by atoms with E-state index in [9.17, 15) is 0 Å². The normalized spacial score (nSPS) is 15.7. The van der Waals surface area contributed by atoms with Gasteiger partial charge in [-0.2, -0.15) is 0 Å². The van der Waals surface area contributed by atoms with Gasteiger partial charge in [0.1, 0.15) is 5.75 Å². The summed E-state index contributed by atoms with van der Waals surface area (Å²) in [6, 6.07) is 10.6. The lowest BCUT2D eigenvalue weighted by atomic mass is 10.1. The second-order valence-corrected chi connectivity index (χ2v) is 7.71. The number of guanidine groups is 1. The van der Waals surface area contributed by atoms with E-state index in [2.05, 4.69) is 57.7 Å². The highest BCUT2D eigenvalue weighted by atomic mass is 127. The molecule has 30 heavy (non-hydrogen) atoms. The van der Waals surface area contributed by atoms with Gasteiger partial charge in [0.25, 0.3) is 0 Å². The maximum absolute atomic E-state index is 5.43. The maximum atomic E-state index is 5.43. The van der Waals surface area contributed by atoms with Crippen LogP contribution >= 0.6 is 24.0 Å². The van der Waals surface area contributed by atoms with Crippen LogP contribution in [0.5, 0.6) is 5.75 Å². The van der Waals surface area contributed by atoms with Gasteiger partial charge in [0, 0.05) is 19.7 Å². The summed E-state index contributed by atoms with van der Waals surface area (Å²) in [5.41, 5.74) is 2.22. The number of likely N-dealkylation sites (tertiary alicyclic amines) is 1. The smallest absolute Gasteiger partial charge is 0.191 e. The molecule has 0 bridgehead atoms. The number of benzene rings is 1. The zero-order valence-electron chi connectivity index (χ0n) is 18.4. The average Bonchev–Trinajstić information content (AvgIpc) is 3.43. The van der Waals surface area contributed by atoms with Gasteiger partial charge in [0.05, 0.1) is 25.4 Å². The van der Waals surface area contributed by atoms with E-state index in [0.29, 0.717) is 12.5 Å². The minimum atomic E-state index is 0. The van der Waals surface area contributed by atoms with Crippen molar-refractivity contribution in [3.63, 3.8) is 0 Å². The van der Waals surface area contributed by atoms with Crippen molar-refractivity contribution in [3.05, 3.63) is 47.3 Å². The van der Waals surface area contributed by atoms with E-state index in [-0.39, 0.29) is 30.0 Å². The summed E-state index contributed by atoms with van der Waals surface area (Å²) in [7, 11) is 3.49. The number of halogens is 1. The van der Waals surface area contributed by atoms with Crippen molar-refractivity contribution in [1.29, 1.82) is 0 Å². The minimum absolute atomic E-state index is 0. The van der Waals surface area contributed by atoms with Crippen molar-refractivity contribution in [1.82, 2.24) is 20.7 Å². The lowest BCUT2D eigenvalue weighted by Gasteiger charge is -2.29. The molecular weight excluding hydrogens is 493 g/mol. The number of hydrogen-bond donors (Lipinski definition) is 2. The fraction of sp³-hybridized carbons (Fsp3) is 0.545. The summed E-state index contributed by atoms with van der Waals surface area (Å²) in [5.74, 6) is 2.80. The molecule has 0 saturated carbocycles. The van der Waals surface area contributed by atoms with E-state index in [1.807, 2.05) is 12.1 Å². The number of aliphatic imine (C=N–C) groups is 1. The molecule has 1 unspecified atom stereocenters. The van der Waals surface area contributed by atoms with E-state index in [1.165, 1.54) is 18.4 Å². The third-order valence-electron chi connectivity index (χ3n) is 5.35. The van der Waals surface area contributed by atoms with Gasteiger partial charge in [0.2, 0.25) is 0 Å². The topological polar surface area (TPSA) is 74.9 Å². The number of hydrogen-bond acceptors (Lipinski definition) is 5. The van der Waals surface area contributed by atoms with E-state index in [0.717, 1.165) is 42.8 Å². The van der Waals surface area contributed by atoms with Gasteiger partial charge in [0.15, 0.2) is 11.7 Å². The molecule has 1 aromatic carbocycles. The van der Waals surface area contributed by atoms with Crippen molar-refractivity contribution in [2.75, 3.05) is 33.8 Å². The first kappa shape index (κ1) is 24.5. The molecule has 2 N–H and O–H groups in total. The third-order valence-corrected chi connectivity index (χ3v) is 5.35. The fourth-order valence-corrected chi connectivity index (χ4v) is 3.63. The van der Waals surface area contributed by atoms with Gasteiger partial charge in [-0.15, -0.1) is 24.0 Å². The molecule has 7 nitrogen and oxygen atoms in total. The molecule has 1 atom stereocenters. The summed E-state index contributed by atoms with van der Waals surface area (Å²) in [4.78, 5) is 6.89. The molecule has 2 heterocycles. The third kappa shape index (κ3) is 6.60. The Labute approximate surface area is 196 Å². The van der Waals surface area contributed by atoms with E-state index < -0.39 is 0 Å². The second-order valence-electron chi connectivity index (χ2n) is 7.71. The molecule has 1 aliphatic rings. The predicted octanol–water partition coefficient (Wildman–Crippen LogP) is 3.93. The first-order valence-electron chi connectivity index (χ1n) is 10.4. The standard InChI is InChI=1S/C22H33N5O2.HI/c1-16(2)20-13-19(29-26-20)14-24-22(23-3)25-15-21(27-10-5-6-11-27)17-8-7-9-18(12-17)28-4;/h7-9,12-13,16,21H,5-6,10-11,14-15H2,1-4H3,(H2,23,24,25);1H. The Kier molecular flexibility index (Phi) is 9.90. The number of rotatable bonds is 8. The monoisotopic (exact) mass is 527 g/mol. The largest absolute Gasteiger partial charge is 0.497 e. The van der Waals surface area contributed by atoms with Crippen LogP contribution in [0.3, 0.4) is 0 Å². The summed E-state index contributed by atoms with van der Waals surface area (Å²) in [6.45, 7) is 7.75. The number of methoxy groups -OCH3 is 1. The average molecular weight is 527 g/mol. The second kappa shape index (κ2) is 12.1. The van der Waals surface area contributed by atoms with Crippen LogP contribution in [0.2, 0.25) is 0 Å². The van der Waals surface area contributed by atoms with Gasteiger partial charge in [-0.25, -0.2) is 0 Å². The molecule has 1 saturated heterocycles. The quantitative estimate of drug-likeness (QED) is 0.308. The SMILES string of the molecule is CN=C(NCc1cc(C(C)C)no1)NCC(c1cccc(OC)c1)N1CCCC1.I. The van der Waals surface area contributed by atoms with E-state index in [1.54, 1.807) is 14.2 Å². The summed E-state index contributed by atoms with van der Waals surface area (Å²) in [6.07, 6.45) is 2.49. The van der Waals surface area contributed by atoms with Crippen LogP contribution in [0.1, 0.15) is 55.7 Å². The first-order valence-corrected chi connectivity index (χ1v) is 10.4. The predicted molar refractivity (Wildman–Crippen MR) is 131 cm³/mol. The highest BCUT2D eigenvalue weighted by Crippen LogP contribution is 2.27. The van der Waals surface area contributed by atoms with Crippen molar-refractivity contribution < 1.29 is 9.26 Å². The van der Waals surface area contributed by atoms with Crippen LogP contribution in [0.15, 0.2) is 39.8 Å². The molecule has 0 spiro atoms. The summed E-state index contributed by atoms with van der Waals surface area (Å²) in [5, 5.41) is 10.9. The summed E-state index contributed by atoms with van der Waals surface area (Å²) < 4.78 is 10.8. The van der Waals surface area contributed by atoms with Gasteiger partial charge in [-0.3, -0.25) is 9.89 Å². The summed E-state index contributed by atoms with van der Waals surface area (Å²) >= 11 is 0. The molecule has 0 amide bonds. The van der Waals surface area contributed by atoms with Gasteiger partial charge < -0.3 is 19.9 Å². The number of ether oxygens (including phenoxy) is 1. The fourth-order valence-electron chi connectivity index (χ4n) is 3.63. The van der Waals surface area contributed by atoms with Crippen molar-refractivity contribution >= 4 is 29.9 Å². The Morgan fingerprint density at radius 1 is 1.23 bits per heavy atom. The Morgan fingerprint density at radius 3 is 2.63 bits per heavy atom. The number of nitrogens with one attached hydrogen (secondary N) is 2. The van der Waals surface area contributed by atoms with Crippen molar-refractivity contribution in [2.24, 2.45) is 4.99 Å². The van der Waals surface area contributed by atoms with Crippen LogP contribution in [0.4, 0.5) is 0 Å². The Morgan fingerprint density at radius 2 is 2.00 bits per heavy atom. The van der Waals surface area contributed by atoms with Crippen molar-refractivity contribution in [2.45, 2.75) is 45.2 Å². The highest BCUT2D eigenvalue weighted by Gasteiger charge is 2.24. The lowest BCUT2D eigenvalue weighted by Crippen LogP contribution is -2.42.